The van der Waals surface area contributed by atoms with Crippen molar-refractivity contribution in [2.75, 3.05) is 0 Å². The topological polar surface area (TPSA) is 39.9 Å². The second-order valence-corrected chi connectivity index (χ2v) is 3.96. The quantitative estimate of drug-likeness (QED) is 0.817. The van der Waals surface area contributed by atoms with Gasteiger partial charge in [0.15, 0.2) is 5.82 Å². The van der Waals surface area contributed by atoms with Crippen LogP contribution >= 0.6 is 0 Å². The predicted octanol–water partition coefficient (Wildman–Crippen LogP) is 2.58. The van der Waals surface area contributed by atoms with E-state index in [1.54, 1.807) is 16.8 Å². The van der Waals surface area contributed by atoms with Crippen LogP contribution in [0.3, 0.4) is 0 Å². The summed E-state index contributed by atoms with van der Waals surface area (Å²) in [5.74, 6) is 0.903. The fraction of sp³-hybridized carbons (Fsp3) is 0.333. The molecule has 0 atom stereocenters. The van der Waals surface area contributed by atoms with E-state index in [4.69, 9.17) is 4.74 Å². The van der Waals surface area contributed by atoms with Gasteiger partial charge in [-0.15, -0.1) is 0 Å². The van der Waals surface area contributed by atoms with Crippen molar-refractivity contribution in [2.45, 2.75) is 26.5 Å². The highest BCUT2D eigenvalue weighted by molar-refractivity contribution is 5.22. The lowest BCUT2D eigenvalue weighted by Gasteiger charge is -2.10. The first-order valence-corrected chi connectivity index (χ1v) is 5.43. The minimum atomic E-state index is -0.312. The van der Waals surface area contributed by atoms with Crippen LogP contribution in [0.1, 0.15) is 25.7 Å². The second kappa shape index (κ2) is 4.95. The van der Waals surface area contributed by atoms with Crippen LogP contribution in [0.5, 0.6) is 5.75 Å². The van der Waals surface area contributed by atoms with E-state index in [1.165, 1.54) is 18.5 Å². The molecule has 0 aliphatic rings. The minimum absolute atomic E-state index is 0.226. The van der Waals surface area contributed by atoms with E-state index in [2.05, 4.69) is 10.1 Å². The number of ether oxygens (including phenoxy) is 1. The van der Waals surface area contributed by atoms with Gasteiger partial charge in [-0.05, 0) is 26.0 Å². The Morgan fingerprint density at radius 3 is 2.94 bits per heavy atom. The molecule has 0 saturated heterocycles. The number of hydrogen-bond donors (Lipinski definition) is 0. The predicted molar refractivity (Wildman–Crippen MR) is 61.1 cm³/mol. The smallest absolute Gasteiger partial charge is 0.165 e. The number of aromatic nitrogens is 3. The highest BCUT2D eigenvalue weighted by Crippen LogP contribution is 2.14. The number of hydrogen-bond acceptors (Lipinski definition) is 3. The molecular formula is C12H14FN3O. The molecule has 0 aliphatic heterocycles. The van der Waals surface area contributed by atoms with E-state index in [0.717, 1.165) is 5.82 Å². The van der Waals surface area contributed by atoms with E-state index >= 15 is 0 Å². The molecule has 17 heavy (non-hydrogen) atoms. The average Bonchev–Trinajstić information content (AvgIpc) is 2.74. The highest BCUT2D eigenvalue weighted by Gasteiger charge is 2.08. The highest BCUT2D eigenvalue weighted by atomic mass is 19.1. The van der Waals surface area contributed by atoms with Crippen molar-refractivity contribution in [3.05, 3.63) is 42.2 Å². The monoisotopic (exact) mass is 235 g/mol. The van der Waals surface area contributed by atoms with Crippen molar-refractivity contribution < 1.29 is 9.13 Å². The molecule has 1 aromatic carbocycles. The molecule has 2 aromatic rings. The summed E-state index contributed by atoms with van der Waals surface area (Å²) in [6, 6.07) is 6.26. The Kier molecular flexibility index (Phi) is 3.37. The maximum atomic E-state index is 12.9. The molecule has 0 fully saturated rings. The Morgan fingerprint density at radius 2 is 2.24 bits per heavy atom. The van der Waals surface area contributed by atoms with Crippen molar-refractivity contribution in [1.82, 2.24) is 14.8 Å². The number of benzene rings is 1. The zero-order valence-corrected chi connectivity index (χ0v) is 9.80. The zero-order chi connectivity index (χ0) is 12.3. The molecule has 0 spiro atoms. The van der Waals surface area contributed by atoms with Gasteiger partial charge in [0, 0.05) is 12.1 Å². The number of rotatable bonds is 4. The zero-order valence-electron chi connectivity index (χ0n) is 9.80. The van der Waals surface area contributed by atoms with Crippen LogP contribution in [0.4, 0.5) is 4.39 Å². The lowest BCUT2D eigenvalue weighted by molar-refractivity contribution is 0.281. The molecule has 90 valence electrons. The second-order valence-electron chi connectivity index (χ2n) is 3.96. The van der Waals surface area contributed by atoms with Gasteiger partial charge in [-0.25, -0.2) is 14.1 Å². The maximum Gasteiger partial charge on any atom is 0.165 e. The Hall–Kier alpha value is -1.91. The van der Waals surface area contributed by atoms with Crippen LogP contribution in [-0.2, 0) is 6.61 Å². The summed E-state index contributed by atoms with van der Waals surface area (Å²) < 4.78 is 20.2. The van der Waals surface area contributed by atoms with E-state index in [-0.39, 0.29) is 18.5 Å². The van der Waals surface area contributed by atoms with Crippen molar-refractivity contribution in [3.8, 4) is 5.75 Å². The average molecular weight is 235 g/mol. The van der Waals surface area contributed by atoms with Gasteiger partial charge >= 0.3 is 0 Å². The van der Waals surface area contributed by atoms with Crippen molar-refractivity contribution in [2.24, 2.45) is 0 Å². The van der Waals surface area contributed by atoms with Crippen molar-refractivity contribution in [3.63, 3.8) is 0 Å². The Labute approximate surface area is 99.1 Å². The van der Waals surface area contributed by atoms with E-state index in [1.807, 2.05) is 13.8 Å². The molecule has 1 heterocycles. The Morgan fingerprint density at radius 1 is 1.41 bits per heavy atom. The third-order valence-corrected chi connectivity index (χ3v) is 2.30. The normalized spacial score (nSPS) is 10.8. The van der Waals surface area contributed by atoms with E-state index in [9.17, 15) is 4.39 Å². The molecule has 0 amide bonds. The molecule has 4 nitrogen and oxygen atoms in total. The first kappa shape index (κ1) is 11.6. The van der Waals surface area contributed by atoms with Gasteiger partial charge in [-0.2, -0.15) is 5.10 Å². The van der Waals surface area contributed by atoms with Gasteiger partial charge in [0.2, 0.25) is 0 Å². The van der Waals surface area contributed by atoms with Gasteiger partial charge in [0.05, 0.1) is 0 Å². The summed E-state index contributed by atoms with van der Waals surface area (Å²) in [6.45, 7) is 4.31. The van der Waals surface area contributed by atoms with Crippen molar-refractivity contribution >= 4 is 0 Å². The molecule has 0 aliphatic carbocycles. The number of nitrogens with zero attached hydrogens (tertiary/aromatic N) is 3. The lowest BCUT2D eigenvalue weighted by atomic mass is 10.3. The molecule has 5 heteroatoms. The summed E-state index contributed by atoms with van der Waals surface area (Å²) in [7, 11) is 0. The fourth-order valence-corrected chi connectivity index (χ4v) is 1.51. The Balaban J connectivity index is 2.05. The summed E-state index contributed by atoms with van der Waals surface area (Å²) in [5, 5.41) is 4.10. The van der Waals surface area contributed by atoms with Crippen LogP contribution in [0.2, 0.25) is 0 Å². The van der Waals surface area contributed by atoms with Gasteiger partial charge < -0.3 is 4.74 Å². The van der Waals surface area contributed by atoms with Crippen LogP contribution in [0, 0.1) is 5.82 Å². The summed E-state index contributed by atoms with van der Waals surface area (Å²) in [6.07, 6.45) is 1.49. The first-order valence-electron chi connectivity index (χ1n) is 5.43. The third kappa shape index (κ3) is 2.81. The van der Waals surface area contributed by atoms with Gasteiger partial charge in [0.25, 0.3) is 0 Å². The van der Waals surface area contributed by atoms with Crippen molar-refractivity contribution in [1.29, 1.82) is 0 Å². The van der Waals surface area contributed by atoms with E-state index < -0.39 is 0 Å². The third-order valence-electron chi connectivity index (χ3n) is 2.30. The van der Waals surface area contributed by atoms with E-state index in [0.29, 0.717) is 5.75 Å². The van der Waals surface area contributed by atoms with Crippen LogP contribution in [-0.4, -0.2) is 14.8 Å². The molecule has 0 bridgehead atoms. The van der Waals surface area contributed by atoms with Crippen LogP contribution < -0.4 is 4.74 Å². The van der Waals surface area contributed by atoms with Gasteiger partial charge in [-0.1, -0.05) is 6.07 Å². The molecule has 0 saturated carbocycles. The van der Waals surface area contributed by atoms with Gasteiger partial charge in [-0.3, -0.25) is 0 Å². The van der Waals surface area contributed by atoms with Crippen LogP contribution in [0.25, 0.3) is 0 Å². The minimum Gasteiger partial charge on any atom is -0.486 e. The summed E-state index contributed by atoms with van der Waals surface area (Å²) in [5.41, 5.74) is 0. The summed E-state index contributed by atoms with van der Waals surface area (Å²) in [4.78, 5) is 4.11. The largest absolute Gasteiger partial charge is 0.486 e. The standard InChI is InChI=1S/C12H14FN3O/c1-9(2)16-12(14-8-15-16)7-17-11-5-3-4-10(13)6-11/h3-6,8-9H,7H2,1-2H3. The molecule has 2 rings (SSSR count). The molecule has 0 unspecified atom stereocenters. The molecule has 0 N–H and O–H groups in total. The molecule has 0 radical (unpaired) electrons. The van der Waals surface area contributed by atoms with Crippen LogP contribution in [0.15, 0.2) is 30.6 Å². The maximum absolute atomic E-state index is 12.9. The first-order chi connectivity index (χ1) is 8.16. The fourth-order valence-electron chi connectivity index (χ4n) is 1.51. The summed E-state index contributed by atoms with van der Waals surface area (Å²) >= 11 is 0. The molecular weight excluding hydrogens is 221 g/mol. The lowest BCUT2D eigenvalue weighted by Crippen LogP contribution is -2.10. The van der Waals surface area contributed by atoms with Gasteiger partial charge in [0.1, 0.15) is 24.5 Å². The molecule has 1 aromatic heterocycles. The number of halogens is 1. The SMILES string of the molecule is CC(C)n1ncnc1COc1cccc(F)c1. The Bertz CT molecular complexity index is 496.